The lowest BCUT2D eigenvalue weighted by molar-refractivity contribution is 0.0947. The second-order valence-corrected chi connectivity index (χ2v) is 7.79. The summed E-state index contributed by atoms with van der Waals surface area (Å²) < 4.78 is 17.9. The summed E-state index contributed by atoms with van der Waals surface area (Å²) in [5.74, 6) is 1.54. The maximum Gasteiger partial charge on any atom is 0.273 e. The molecule has 6 nitrogen and oxygen atoms in total. The Kier molecular flexibility index (Phi) is 7.60. The van der Waals surface area contributed by atoms with Crippen molar-refractivity contribution < 1.29 is 18.8 Å². The van der Waals surface area contributed by atoms with Crippen molar-refractivity contribution in [3.8, 4) is 22.8 Å². The summed E-state index contributed by atoms with van der Waals surface area (Å²) in [7, 11) is 0. The zero-order chi connectivity index (χ0) is 23.8. The van der Waals surface area contributed by atoms with Gasteiger partial charge in [0, 0.05) is 18.7 Å². The first-order chi connectivity index (χ1) is 16.7. The predicted octanol–water partition coefficient (Wildman–Crippen LogP) is 5.81. The highest BCUT2D eigenvalue weighted by atomic mass is 16.5. The van der Waals surface area contributed by atoms with Crippen LogP contribution in [0.15, 0.2) is 83.4 Å². The van der Waals surface area contributed by atoms with Crippen LogP contribution in [0.25, 0.3) is 11.3 Å². The van der Waals surface area contributed by atoms with Gasteiger partial charge in [-0.2, -0.15) is 0 Å². The van der Waals surface area contributed by atoms with Crippen LogP contribution >= 0.6 is 0 Å². The van der Waals surface area contributed by atoms with Crippen molar-refractivity contribution in [3.63, 3.8) is 0 Å². The van der Waals surface area contributed by atoms with Crippen LogP contribution in [0.3, 0.4) is 0 Å². The van der Waals surface area contributed by atoms with E-state index in [0.29, 0.717) is 31.3 Å². The smallest absolute Gasteiger partial charge is 0.273 e. The van der Waals surface area contributed by atoms with Crippen molar-refractivity contribution in [2.24, 2.45) is 0 Å². The summed E-state index contributed by atoms with van der Waals surface area (Å²) >= 11 is 0. The van der Waals surface area contributed by atoms with Crippen molar-refractivity contribution in [2.75, 3.05) is 6.54 Å². The predicted molar refractivity (Wildman–Crippen MR) is 131 cm³/mol. The molecule has 0 aliphatic carbocycles. The molecule has 4 aromatic rings. The monoisotopic (exact) mass is 456 g/mol. The minimum atomic E-state index is -0.275. The van der Waals surface area contributed by atoms with Crippen LogP contribution < -0.4 is 14.8 Å². The third-order valence-corrected chi connectivity index (χ3v) is 5.36. The fourth-order valence-electron chi connectivity index (χ4n) is 3.56. The zero-order valence-corrected chi connectivity index (χ0v) is 19.4. The first kappa shape index (κ1) is 23.1. The number of amides is 1. The summed E-state index contributed by atoms with van der Waals surface area (Å²) in [5.41, 5.74) is 4.09. The van der Waals surface area contributed by atoms with E-state index >= 15 is 0 Å². The number of hydrogen-bond acceptors (Lipinski definition) is 5. The molecule has 0 saturated heterocycles. The van der Waals surface area contributed by atoms with Crippen molar-refractivity contribution in [1.82, 2.24) is 10.5 Å². The standard InChI is InChI=1S/C28H28N2O4/c1-3-22-15-23(27-16-24(30-34-27)28(31)29-4-2)26(33-19-21-13-9-6-10-14-21)17-25(22)32-18-20-11-7-5-8-12-20/h5-17H,3-4,18-19H2,1-2H3,(H,29,31). The Bertz CT molecular complexity index is 1220. The molecule has 174 valence electrons. The number of carbonyl (C=O) groups excluding carboxylic acids is 1. The molecule has 1 heterocycles. The summed E-state index contributed by atoms with van der Waals surface area (Å²) in [6.45, 7) is 5.28. The lowest BCUT2D eigenvalue weighted by atomic mass is 10.0. The number of ether oxygens (including phenoxy) is 2. The lowest BCUT2D eigenvalue weighted by Crippen LogP contribution is -2.22. The Morgan fingerprint density at radius 3 is 2.06 bits per heavy atom. The van der Waals surface area contributed by atoms with Gasteiger partial charge in [0.25, 0.3) is 5.91 Å². The van der Waals surface area contributed by atoms with E-state index in [4.69, 9.17) is 14.0 Å². The number of rotatable bonds is 10. The Hall–Kier alpha value is -4.06. The fourth-order valence-corrected chi connectivity index (χ4v) is 3.56. The van der Waals surface area contributed by atoms with E-state index in [9.17, 15) is 4.79 Å². The van der Waals surface area contributed by atoms with Crippen molar-refractivity contribution in [3.05, 3.63) is 101 Å². The Morgan fingerprint density at radius 2 is 1.47 bits per heavy atom. The molecule has 0 unspecified atom stereocenters. The third kappa shape index (κ3) is 5.64. The summed E-state index contributed by atoms with van der Waals surface area (Å²) in [6.07, 6.45) is 0.757. The highest BCUT2D eigenvalue weighted by molar-refractivity contribution is 5.93. The second kappa shape index (κ2) is 11.2. The Labute approximate surface area is 199 Å². The van der Waals surface area contributed by atoms with Crippen molar-refractivity contribution in [1.29, 1.82) is 0 Å². The van der Waals surface area contributed by atoms with Gasteiger partial charge < -0.3 is 19.3 Å². The highest BCUT2D eigenvalue weighted by Gasteiger charge is 2.19. The minimum absolute atomic E-state index is 0.230. The minimum Gasteiger partial charge on any atom is -0.488 e. The normalized spacial score (nSPS) is 10.6. The molecule has 0 saturated carbocycles. The van der Waals surface area contributed by atoms with Crippen LogP contribution in [-0.2, 0) is 19.6 Å². The number of hydrogen-bond donors (Lipinski definition) is 1. The molecule has 3 aromatic carbocycles. The number of nitrogens with zero attached hydrogens (tertiary/aromatic N) is 1. The molecule has 1 aromatic heterocycles. The molecule has 0 bridgehead atoms. The van der Waals surface area contributed by atoms with Crippen LogP contribution in [0.2, 0.25) is 0 Å². The first-order valence-electron chi connectivity index (χ1n) is 11.4. The number of nitrogens with one attached hydrogen (secondary N) is 1. The van der Waals surface area contributed by atoms with Crippen LogP contribution in [-0.4, -0.2) is 17.6 Å². The summed E-state index contributed by atoms with van der Waals surface area (Å²) in [5, 5.41) is 6.69. The average molecular weight is 457 g/mol. The molecule has 0 spiro atoms. The van der Waals surface area contributed by atoms with Crippen molar-refractivity contribution in [2.45, 2.75) is 33.5 Å². The SMILES string of the molecule is CCNC(=O)c1cc(-c2cc(CC)c(OCc3ccccc3)cc2OCc2ccccc2)on1. The van der Waals surface area contributed by atoms with E-state index < -0.39 is 0 Å². The van der Waals surface area contributed by atoms with E-state index in [-0.39, 0.29) is 11.6 Å². The van der Waals surface area contributed by atoms with Gasteiger partial charge in [-0.25, -0.2) is 0 Å². The molecule has 34 heavy (non-hydrogen) atoms. The quantitative estimate of drug-likeness (QED) is 0.326. The van der Waals surface area contributed by atoms with Gasteiger partial charge in [0.05, 0.1) is 5.56 Å². The summed E-state index contributed by atoms with van der Waals surface area (Å²) in [6, 6.07) is 25.5. The maximum absolute atomic E-state index is 12.2. The molecular formula is C28H28N2O4. The molecule has 1 amide bonds. The molecule has 0 aliphatic heterocycles. The number of aryl methyl sites for hydroxylation is 1. The lowest BCUT2D eigenvalue weighted by Gasteiger charge is -2.16. The molecule has 4 rings (SSSR count). The van der Waals surface area contributed by atoms with Gasteiger partial charge in [-0.1, -0.05) is 72.7 Å². The van der Waals surface area contributed by atoms with Crippen LogP contribution in [0.4, 0.5) is 0 Å². The topological polar surface area (TPSA) is 73.6 Å². The fraction of sp³-hybridized carbons (Fsp3) is 0.214. The van der Waals surface area contributed by atoms with Gasteiger partial charge in [0.1, 0.15) is 24.7 Å². The van der Waals surface area contributed by atoms with Crippen molar-refractivity contribution >= 4 is 5.91 Å². The van der Waals surface area contributed by atoms with Gasteiger partial charge in [-0.15, -0.1) is 0 Å². The van der Waals surface area contributed by atoms with Gasteiger partial charge in [-0.3, -0.25) is 4.79 Å². The van der Waals surface area contributed by atoms with Gasteiger partial charge in [0.15, 0.2) is 11.5 Å². The Balaban J connectivity index is 1.67. The van der Waals surface area contributed by atoms with E-state index in [2.05, 4.69) is 17.4 Å². The molecule has 1 N–H and O–H groups in total. The number of aromatic nitrogens is 1. The zero-order valence-electron chi connectivity index (χ0n) is 19.4. The van der Waals surface area contributed by atoms with E-state index in [1.807, 2.05) is 79.7 Å². The molecule has 0 atom stereocenters. The molecule has 0 fully saturated rings. The molecule has 0 radical (unpaired) electrons. The van der Waals surface area contributed by atoms with Crippen LogP contribution in [0, 0.1) is 0 Å². The second-order valence-electron chi connectivity index (χ2n) is 7.79. The van der Waals surface area contributed by atoms with Gasteiger partial charge in [0.2, 0.25) is 0 Å². The van der Waals surface area contributed by atoms with Crippen LogP contribution in [0.1, 0.15) is 41.0 Å². The molecular weight excluding hydrogens is 428 g/mol. The molecule has 6 heteroatoms. The van der Waals surface area contributed by atoms with E-state index in [1.165, 1.54) is 0 Å². The third-order valence-electron chi connectivity index (χ3n) is 5.36. The largest absolute Gasteiger partial charge is 0.488 e. The van der Waals surface area contributed by atoms with Crippen LogP contribution in [0.5, 0.6) is 11.5 Å². The summed E-state index contributed by atoms with van der Waals surface area (Å²) in [4.78, 5) is 12.2. The maximum atomic E-state index is 12.2. The first-order valence-corrected chi connectivity index (χ1v) is 11.4. The number of benzene rings is 3. The Morgan fingerprint density at radius 1 is 0.853 bits per heavy atom. The van der Waals surface area contributed by atoms with E-state index in [1.54, 1.807) is 6.07 Å². The average Bonchev–Trinajstić information content (AvgIpc) is 3.38. The number of carbonyl (C=O) groups is 1. The highest BCUT2D eigenvalue weighted by Crippen LogP contribution is 2.38. The van der Waals surface area contributed by atoms with Gasteiger partial charge in [-0.05, 0) is 36.1 Å². The van der Waals surface area contributed by atoms with E-state index in [0.717, 1.165) is 34.4 Å². The van der Waals surface area contributed by atoms with Gasteiger partial charge >= 0.3 is 0 Å². The molecule has 0 aliphatic rings.